The third kappa shape index (κ3) is 7.88. The number of carboxylic acids is 1. The van der Waals surface area contributed by atoms with Crippen LogP contribution in [0.1, 0.15) is 56.9 Å². The van der Waals surface area contributed by atoms with E-state index in [9.17, 15) is 4.79 Å². The number of benzene rings is 1. The van der Waals surface area contributed by atoms with Gasteiger partial charge in [0.1, 0.15) is 0 Å². The zero-order valence-electron chi connectivity index (χ0n) is 11.1. The summed E-state index contributed by atoms with van der Waals surface area (Å²) in [4.78, 5) is 10.3. The normalized spacial score (nSPS) is 10.4. The molecule has 1 aromatic rings. The highest BCUT2D eigenvalue weighted by atomic mass is 16.4. The molecular formula is C16H24O2. The van der Waals surface area contributed by atoms with Gasteiger partial charge in [-0.3, -0.25) is 4.79 Å². The van der Waals surface area contributed by atoms with Crippen LogP contribution in [0.2, 0.25) is 0 Å². The summed E-state index contributed by atoms with van der Waals surface area (Å²) in [6, 6.07) is 10.6. The van der Waals surface area contributed by atoms with E-state index >= 15 is 0 Å². The highest BCUT2D eigenvalue weighted by Gasteiger charge is 1.97. The molecule has 0 bridgehead atoms. The van der Waals surface area contributed by atoms with Crippen LogP contribution in [0.4, 0.5) is 0 Å². The van der Waals surface area contributed by atoms with Crippen molar-refractivity contribution in [1.82, 2.24) is 0 Å². The van der Waals surface area contributed by atoms with Gasteiger partial charge in [-0.25, -0.2) is 0 Å². The largest absolute Gasteiger partial charge is 0.481 e. The molecule has 0 saturated heterocycles. The number of hydrogen-bond donors (Lipinski definition) is 1. The van der Waals surface area contributed by atoms with Crippen molar-refractivity contribution in [3.63, 3.8) is 0 Å². The first kappa shape index (κ1) is 14.7. The van der Waals surface area contributed by atoms with E-state index in [4.69, 9.17) is 5.11 Å². The zero-order valence-corrected chi connectivity index (χ0v) is 11.1. The Bertz CT molecular complexity index is 319. The summed E-state index contributed by atoms with van der Waals surface area (Å²) < 4.78 is 0. The second-order valence-electron chi connectivity index (χ2n) is 4.85. The molecule has 0 aliphatic heterocycles. The first-order valence-electron chi connectivity index (χ1n) is 7.05. The molecule has 0 fully saturated rings. The molecule has 1 rings (SSSR count). The smallest absolute Gasteiger partial charge is 0.303 e. The number of aryl methyl sites for hydroxylation is 1. The van der Waals surface area contributed by atoms with E-state index in [0.717, 1.165) is 12.8 Å². The SMILES string of the molecule is O=C(O)CCCCCCCCCc1ccccc1. The van der Waals surface area contributed by atoms with Crippen molar-refractivity contribution in [2.75, 3.05) is 0 Å². The number of hydrogen-bond acceptors (Lipinski definition) is 1. The molecule has 0 radical (unpaired) electrons. The van der Waals surface area contributed by atoms with Crippen LogP contribution in [0.25, 0.3) is 0 Å². The van der Waals surface area contributed by atoms with Crippen LogP contribution in [0.5, 0.6) is 0 Å². The maximum absolute atomic E-state index is 10.3. The summed E-state index contributed by atoms with van der Waals surface area (Å²) in [6.07, 6.45) is 9.65. The lowest BCUT2D eigenvalue weighted by atomic mass is 10.0. The Hall–Kier alpha value is -1.31. The van der Waals surface area contributed by atoms with E-state index in [2.05, 4.69) is 30.3 Å². The van der Waals surface area contributed by atoms with E-state index in [1.807, 2.05) is 0 Å². The predicted octanol–water partition coefficient (Wildman–Crippen LogP) is 4.43. The lowest BCUT2D eigenvalue weighted by Crippen LogP contribution is -1.93. The molecule has 1 aromatic carbocycles. The highest BCUT2D eigenvalue weighted by Crippen LogP contribution is 2.11. The lowest BCUT2D eigenvalue weighted by Gasteiger charge is -2.02. The van der Waals surface area contributed by atoms with Crippen LogP contribution in [-0.2, 0) is 11.2 Å². The Kier molecular flexibility index (Phi) is 7.94. The Balaban J connectivity index is 1.86. The first-order valence-corrected chi connectivity index (χ1v) is 7.05. The van der Waals surface area contributed by atoms with Crippen LogP contribution in [-0.4, -0.2) is 11.1 Å². The van der Waals surface area contributed by atoms with E-state index < -0.39 is 5.97 Å². The van der Waals surface area contributed by atoms with Crippen molar-refractivity contribution in [2.24, 2.45) is 0 Å². The highest BCUT2D eigenvalue weighted by molar-refractivity contribution is 5.66. The van der Waals surface area contributed by atoms with E-state index in [1.54, 1.807) is 0 Å². The fraction of sp³-hybridized carbons (Fsp3) is 0.562. The third-order valence-electron chi connectivity index (χ3n) is 3.20. The van der Waals surface area contributed by atoms with E-state index in [1.165, 1.54) is 44.1 Å². The Morgan fingerprint density at radius 2 is 1.39 bits per heavy atom. The summed E-state index contributed by atoms with van der Waals surface area (Å²) in [5, 5.41) is 8.49. The maximum atomic E-state index is 10.3. The lowest BCUT2D eigenvalue weighted by molar-refractivity contribution is -0.137. The second-order valence-corrected chi connectivity index (χ2v) is 4.85. The molecule has 0 spiro atoms. The number of aliphatic carboxylic acids is 1. The van der Waals surface area contributed by atoms with Gasteiger partial charge >= 0.3 is 5.97 Å². The van der Waals surface area contributed by atoms with Crippen LogP contribution in [0.15, 0.2) is 30.3 Å². The Morgan fingerprint density at radius 1 is 0.833 bits per heavy atom. The third-order valence-corrected chi connectivity index (χ3v) is 3.20. The van der Waals surface area contributed by atoms with Crippen molar-refractivity contribution in [3.05, 3.63) is 35.9 Å². The quantitative estimate of drug-likeness (QED) is 0.622. The fourth-order valence-electron chi connectivity index (χ4n) is 2.13. The summed E-state index contributed by atoms with van der Waals surface area (Å²) in [6.45, 7) is 0. The van der Waals surface area contributed by atoms with Crippen LogP contribution in [0, 0.1) is 0 Å². The minimum Gasteiger partial charge on any atom is -0.481 e. The molecule has 0 atom stereocenters. The van der Waals surface area contributed by atoms with Crippen molar-refractivity contribution in [2.45, 2.75) is 57.8 Å². The topological polar surface area (TPSA) is 37.3 Å². The van der Waals surface area contributed by atoms with Gasteiger partial charge in [0.2, 0.25) is 0 Å². The van der Waals surface area contributed by atoms with Crippen molar-refractivity contribution in [1.29, 1.82) is 0 Å². The molecular weight excluding hydrogens is 224 g/mol. The van der Waals surface area contributed by atoms with Gasteiger partial charge in [-0.15, -0.1) is 0 Å². The molecule has 0 unspecified atom stereocenters. The Morgan fingerprint density at radius 3 is 2.00 bits per heavy atom. The zero-order chi connectivity index (χ0) is 13.1. The molecule has 1 N–H and O–H groups in total. The summed E-state index contributed by atoms with van der Waals surface area (Å²) in [7, 11) is 0. The van der Waals surface area contributed by atoms with Gasteiger partial charge in [0.25, 0.3) is 0 Å². The molecule has 18 heavy (non-hydrogen) atoms. The number of carboxylic acid groups (broad SMARTS) is 1. The van der Waals surface area contributed by atoms with Gasteiger partial charge in [0.15, 0.2) is 0 Å². The predicted molar refractivity (Wildman–Crippen MR) is 74.7 cm³/mol. The minimum absolute atomic E-state index is 0.327. The monoisotopic (exact) mass is 248 g/mol. The summed E-state index contributed by atoms with van der Waals surface area (Å²) >= 11 is 0. The van der Waals surface area contributed by atoms with Gasteiger partial charge in [-0.1, -0.05) is 62.4 Å². The standard InChI is InChI=1S/C16H24O2/c17-16(18)14-10-5-3-1-2-4-7-11-15-12-8-6-9-13-15/h6,8-9,12-13H,1-5,7,10-11,14H2,(H,17,18). The van der Waals surface area contributed by atoms with Gasteiger partial charge in [0.05, 0.1) is 0 Å². The summed E-state index contributed by atoms with van der Waals surface area (Å²) in [5.74, 6) is -0.669. The summed E-state index contributed by atoms with van der Waals surface area (Å²) in [5.41, 5.74) is 1.43. The van der Waals surface area contributed by atoms with Gasteiger partial charge in [0, 0.05) is 6.42 Å². The van der Waals surface area contributed by atoms with Gasteiger partial charge in [-0.2, -0.15) is 0 Å². The average Bonchev–Trinajstić information content (AvgIpc) is 2.37. The molecule has 0 saturated carbocycles. The van der Waals surface area contributed by atoms with Crippen LogP contribution < -0.4 is 0 Å². The molecule has 2 nitrogen and oxygen atoms in total. The first-order chi connectivity index (χ1) is 8.79. The van der Waals surface area contributed by atoms with Gasteiger partial charge < -0.3 is 5.11 Å². The molecule has 0 aromatic heterocycles. The van der Waals surface area contributed by atoms with Crippen molar-refractivity contribution in [3.8, 4) is 0 Å². The molecule has 100 valence electrons. The molecule has 0 aliphatic rings. The fourth-order valence-corrected chi connectivity index (χ4v) is 2.13. The molecule has 2 heteroatoms. The number of rotatable bonds is 10. The number of carbonyl (C=O) groups is 1. The van der Waals surface area contributed by atoms with E-state index in [0.29, 0.717) is 6.42 Å². The molecule has 0 amide bonds. The van der Waals surface area contributed by atoms with E-state index in [-0.39, 0.29) is 0 Å². The van der Waals surface area contributed by atoms with Gasteiger partial charge in [-0.05, 0) is 24.8 Å². The molecule has 0 aliphatic carbocycles. The van der Waals surface area contributed by atoms with Crippen molar-refractivity contribution < 1.29 is 9.90 Å². The second kappa shape index (κ2) is 9.69. The maximum Gasteiger partial charge on any atom is 0.303 e. The minimum atomic E-state index is -0.669. The average molecular weight is 248 g/mol. The molecule has 0 heterocycles. The van der Waals surface area contributed by atoms with Crippen LogP contribution >= 0.6 is 0 Å². The Labute approximate surface area is 110 Å². The van der Waals surface area contributed by atoms with Crippen molar-refractivity contribution >= 4 is 5.97 Å². The number of unbranched alkanes of at least 4 members (excludes halogenated alkanes) is 6. The van der Waals surface area contributed by atoms with Crippen LogP contribution in [0.3, 0.4) is 0 Å².